The standard InChI is InChI=1S/C12H26Cl2NOP/c1-2-3-4-5-6-7-8-9-10-11-12-15-17(13,14)16/h2-12H2,1H3,(H,15,16). The van der Waals surface area contributed by atoms with Gasteiger partial charge >= 0.3 is 6.00 Å². The first-order valence-corrected chi connectivity index (χ1v) is 10.3. The van der Waals surface area contributed by atoms with Crippen LogP contribution in [0.25, 0.3) is 0 Å². The van der Waals surface area contributed by atoms with Gasteiger partial charge in [0, 0.05) is 6.54 Å². The molecule has 0 unspecified atom stereocenters. The fraction of sp³-hybridized carbons (Fsp3) is 1.00. The molecule has 0 aliphatic heterocycles. The second kappa shape index (κ2) is 11.8. The highest BCUT2D eigenvalue weighted by Crippen LogP contribution is 2.51. The molecule has 104 valence electrons. The van der Waals surface area contributed by atoms with E-state index < -0.39 is 6.00 Å². The minimum Gasteiger partial charge on any atom is -0.271 e. The Morgan fingerprint density at radius 3 is 1.65 bits per heavy atom. The summed E-state index contributed by atoms with van der Waals surface area (Å²) in [4.78, 5) is 0. The Morgan fingerprint density at radius 1 is 0.824 bits per heavy atom. The molecule has 0 aromatic carbocycles. The van der Waals surface area contributed by atoms with Gasteiger partial charge in [-0.2, -0.15) is 0 Å². The summed E-state index contributed by atoms with van der Waals surface area (Å²) in [5, 5.41) is 2.63. The van der Waals surface area contributed by atoms with Gasteiger partial charge in [0.15, 0.2) is 0 Å². The summed E-state index contributed by atoms with van der Waals surface area (Å²) in [6, 6.07) is 0. The molecule has 0 aliphatic rings. The maximum atomic E-state index is 10.9. The van der Waals surface area contributed by atoms with Crippen molar-refractivity contribution in [3.05, 3.63) is 0 Å². The fourth-order valence-corrected chi connectivity index (χ4v) is 2.75. The van der Waals surface area contributed by atoms with Gasteiger partial charge in [-0.3, -0.25) is 4.57 Å². The van der Waals surface area contributed by atoms with Crippen LogP contribution in [0.15, 0.2) is 0 Å². The zero-order valence-corrected chi connectivity index (χ0v) is 13.3. The van der Waals surface area contributed by atoms with Crippen LogP contribution in [0.3, 0.4) is 0 Å². The van der Waals surface area contributed by atoms with Crippen LogP contribution in [0.4, 0.5) is 0 Å². The van der Waals surface area contributed by atoms with Crippen molar-refractivity contribution < 1.29 is 4.57 Å². The van der Waals surface area contributed by atoms with Crippen molar-refractivity contribution >= 4 is 28.5 Å². The highest BCUT2D eigenvalue weighted by molar-refractivity contribution is 8.07. The van der Waals surface area contributed by atoms with E-state index in [1.807, 2.05) is 0 Å². The van der Waals surface area contributed by atoms with Crippen molar-refractivity contribution in [2.75, 3.05) is 6.54 Å². The summed E-state index contributed by atoms with van der Waals surface area (Å²) in [6.45, 7) is 2.90. The second-order valence-electron chi connectivity index (χ2n) is 4.55. The van der Waals surface area contributed by atoms with E-state index in [9.17, 15) is 4.57 Å². The molecule has 0 saturated heterocycles. The summed E-state index contributed by atoms with van der Waals surface area (Å²) in [6.07, 6.45) is 12.9. The molecule has 1 N–H and O–H groups in total. The molecule has 0 rings (SSSR count). The number of hydrogen-bond acceptors (Lipinski definition) is 1. The number of nitrogens with one attached hydrogen (secondary N) is 1. The van der Waals surface area contributed by atoms with Gasteiger partial charge in [0.05, 0.1) is 0 Å². The zero-order valence-electron chi connectivity index (χ0n) is 10.9. The molecule has 0 aliphatic carbocycles. The molecule has 5 heteroatoms. The Morgan fingerprint density at radius 2 is 1.24 bits per heavy atom. The number of rotatable bonds is 12. The molecular formula is C12H26Cl2NOP. The van der Waals surface area contributed by atoms with E-state index >= 15 is 0 Å². The Hall–Kier alpha value is 0.770. The van der Waals surface area contributed by atoms with Gasteiger partial charge in [0.2, 0.25) is 0 Å². The molecule has 0 aromatic rings. The molecule has 0 heterocycles. The second-order valence-corrected chi connectivity index (χ2v) is 9.17. The summed E-state index contributed by atoms with van der Waals surface area (Å²) in [5.41, 5.74) is 0. The molecule has 0 aromatic heterocycles. The molecule has 0 atom stereocenters. The molecule has 0 fully saturated rings. The van der Waals surface area contributed by atoms with Crippen LogP contribution in [0.5, 0.6) is 0 Å². The molecule has 2 nitrogen and oxygen atoms in total. The van der Waals surface area contributed by atoms with Crippen molar-refractivity contribution in [2.24, 2.45) is 0 Å². The third-order valence-electron chi connectivity index (χ3n) is 2.83. The first-order chi connectivity index (χ1) is 8.06. The van der Waals surface area contributed by atoms with E-state index in [-0.39, 0.29) is 0 Å². The lowest BCUT2D eigenvalue weighted by molar-refractivity contribution is 0.552. The Bertz CT molecular complexity index is 209. The number of hydrogen-bond donors (Lipinski definition) is 1. The predicted molar refractivity (Wildman–Crippen MR) is 79.2 cm³/mol. The summed E-state index contributed by atoms with van der Waals surface area (Å²) < 4.78 is 10.9. The Labute approximate surface area is 116 Å². The largest absolute Gasteiger partial charge is 0.319 e. The Balaban J connectivity index is 3.01. The third-order valence-corrected chi connectivity index (χ3v) is 4.14. The fourth-order valence-electron chi connectivity index (χ4n) is 1.82. The molecule has 17 heavy (non-hydrogen) atoms. The van der Waals surface area contributed by atoms with Gasteiger partial charge in [-0.05, 0) is 28.9 Å². The molecule has 0 amide bonds. The third kappa shape index (κ3) is 16.8. The van der Waals surface area contributed by atoms with Gasteiger partial charge in [-0.15, -0.1) is 0 Å². The predicted octanol–water partition coefficient (Wildman–Crippen LogP) is 6.08. The molecule has 0 radical (unpaired) electrons. The lowest BCUT2D eigenvalue weighted by Crippen LogP contribution is -2.05. The van der Waals surface area contributed by atoms with Crippen LogP contribution in [0.1, 0.15) is 71.1 Å². The van der Waals surface area contributed by atoms with Gasteiger partial charge in [-0.1, -0.05) is 64.7 Å². The minimum atomic E-state index is -3.05. The lowest BCUT2D eigenvalue weighted by atomic mass is 10.1. The summed E-state index contributed by atoms with van der Waals surface area (Å²) in [7, 11) is 0. The molecular weight excluding hydrogens is 276 g/mol. The first kappa shape index (κ1) is 17.8. The van der Waals surface area contributed by atoms with Crippen molar-refractivity contribution in [1.82, 2.24) is 5.09 Å². The summed E-state index contributed by atoms with van der Waals surface area (Å²) in [5.74, 6) is -3.05. The van der Waals surface area contributed by atoms with E-state index in [1.54, 1.807) is 0 Å². The topological polar surface area (TPSA) is 29.1 Å². The maximum Gasteiger partial charge on any atom is 0.319 e. The molecule has 0 spiro atoms. The van der Waals surface area contributed by atoms with Crippen LogP contribution >= 0.6 is 28.5 Å². The average molecular weight is 302 g/mol. The van der Waals surface area contributed by atoms with E-state index in [0.29, 0.717) is 6.54 Å². The van der Waals surface area contributed by atoms with Crippen molar-refractivity contribution in [3.63, 3.8) is 0 Å². The van der Waals surface area contributed by atoms with E-state index in [0.717, 1.165) is 12.8 Å². The quantitative estimate of drug-likeness (QED) is 0.349. The number of unbranched alkanes of at least 4 members (excludes halogenated alkanes) is 9. The summed E-state index contributed by atoms with van der Waals surface area (Å²) >= 11 is 10.7. The molecule has 0 bridgehead atoms. The van der Waals surface area contributed by atoms with Crippen LogP contribution < -0.4 is 5.09 Å². The first-order valence-electron chi connectivity index (χ1n) is 6.80. The van der Waals surface area contributed by atoms with Crippen LogP contribution in [0.2, 0.25) is 0 Å². The van der Waals surface area contributed by atoms with Gasteiger partial charge < -0.3 is 0 Å². The zero-order chi connectivity index (χ0) is 13.0. The van der Waals surface area contributed by atoms with E-state index in [2.05, 4.69) is 12.0 Å². The highest BCUT2D eigenvalue weighted by Gasteiger charge is 2.10. The normalized spacial score (nSPS) is 11.9. The lowest BCUT2D eigenvalue weighted by Gasteiger charge is -2.05. The van der Waals surface area contributed by atoms with Crippen LogP contribution in [-0.2, 0) is 4.57 Å². The van der Waals surface area contributed by atoms with Crippen molar-refractivity contribution in [3.8, 4) is 0 Å². The van der Waals surface area contributed by atoms with Crippen molar-refractivity contribution in [2.45, 2.75) is 71.1 Å². The van der Waals surface area contributed by atoms with Crippen LogP contribution in [0, 0.1) is 0 Å². The van der Waals surface area contributed by atoms with Gasteiger partial charge in [0.1, 0.15) is 0 Å². The van der Waals surface area contributed by atoms with E-state index in [1.165, 1.54) is 51.4 Å². The SMILES string of the molecule is CCCCCCCCCCCCNP(=O)(Cl)Cl. The molecule has 0 saturated carbocycles. The van der Waals surface area contributed by atoms with Crippen LogP contribution in [-0.4, -0.2) is 6.54 Å². The smallest absolute Gasteiger partial charge is 0.271 e. The van der Waals surface area contributed by atoms with Crippen molar-refractivity contribution in [1.29, 1.82) is 0 Å². The average Bonchev–Trinajstić information content (AvgIpc) is 2.24. The minimum absolute atomic E-state index is 0.654. The highest BCUT2D eigenvalue weighted by atomic mass is 35.9. The van der Waals surface area contributed by atoms with E-state index in [4.69, 9.17) is 22.5 Å². The van der Waals surface area contributed by atoms with Gasteiger partial charge in [0.25, 0.3) is 0 Å². The maximum absolute atomic E-state index is 10.9. The Kier molecular flexibility index (Phi) is 12.4. The van der Waals surface area contributed by atoms with Gasteiger partial charge in [-0.25, -0.2) is 5.09 Å². The monoisotopic (exact) mass is 301 g/mol. The number of halogens is 2.